The molecule has 4 rings (SSSR count). The van der Waals surface area contributed by atoms with Crippen LogP contribution in [0.4, 0.5) is 0 Å². The van der Waals surface area contributed by atoms with Crippen LogP contribution in [0, 0.1) is 0 Å². The molecule has 5 nitrogen and oxygen atoms in total. The Kier molecular flexibility index (Phi) is 3.22. The first-order valence-corrected chi connectivity index (χ1v) is 7.82. The number of hydrogen-bond donors (Lipinski definition) is 0. The topological polar surface area (TPSA) is 39.2 Å². The smallest absolute Gasteiger partial charge is 0.259 e. The van der Waals surface area contributed by atoms with E-state index in [4.69, 9.17) is 0 Å². The van der Waals surface area contributed by atoms with E-state index in [-0.39, 0.29) is 5.91 Å². The first-order valence-electron chi connectivity index (χ1n) is 7.82. The van der Waals surface area contributed by atoms with E-state index in [1.807, 2.05) is 13.1 Å². The van der Waals surface area contributed by atoms with Crippen molar-refractivity contribution in [3.63, 3.8) is 0 Å². The third-order valence-electron chi connectivity index (χ3n) is 4.65. The summed E-state index contributed by atoms with van der Waals surface area (Å²) in [6, 6.07) is 10.5. The molecule has 0 saturated heterocycles. The van der Waals surface area contributed by atoms with Gasteiger partial charge in [0.25, 0.3) is 5.91 Å². The van der Waals surface area contributed by atoms with Crippen LogP contribution in [0.2, 0.25) is 0 Å². The Labute approximate surface area is 130 Å². The number of nitrogens with zero attached hydrogens (tertiary/aromatic N) is 4. The van der Waals surface area contributed by atoms with E-state index in [2.05, 4.69) is 39.1 Å². The van der Waals surface area contributed by atoms with Crippen LogP contribution < -0.4 is 0 Å². The average Bonchev–Trinajstić information content (AvgIpc) is 3.03. The van der Waals surface area contributed by atoms with Gasteiger partial charge in [0, 0.05) is 45.3 Å². The molecule has 1 amide bonds. The fourth-order valence-electron chi connectivity index (χ4n) is 3.55. The van der Waals surface area contributed by atoms with Gasteiger partial charge in [-0.1, -0.05) is 30.3 Å². The summed E-state index contributed by atoms with van der Waals surface area (Å²) >= 11 is 0. The van der Waals surface area contributed by atoms with Crippen LogP contribution in [0.25, 0.3) is 0 Å². The lowest BCUT2D eigenvalue weighted by Crippen LogP contribution is -2.52. The van der Waals surface area contributed by atoms with E-state index >= 15 is 0 Å². The van der Waals surface area contributed by atoms with E-state index < -0.39 is 0 Å². The van der Waals surface area contributed by atoms with Gasteiger partial charge >= 0.3 is 0 Å². The molecule has 0 bridgehead atoms. The lowest BCUT2D eigenvalue weighted by Gasteiger charge is -2.40. The summed E-state index contributed by atoms with van der Waals surface area (Å²) in [6.45, 7) is 4.32. The van der Waals surface area contributed by atoms with Crippen molar-refractivity contribution < 1.29 is 4.79 Å². The number of fused-ring (bicyclic) bond motifs is 2. The van der Waals surface area contributed by atoms with Gasteiger partial charge in [0.15, 0.2) is 0 Å². The molecular weight excluding hydrogens is 276 g/mol. The molecule has 5 heteroatoms. The Morgan fingerprint density at radius 1 is 1.18 bits per heavy atom. The highest BCUT2D eigenvalue weighted by atomic mass is 16.2. The number of amides is 1. The molecule has 3 aliphatic heterocycles. The van der Waals surface area contributed by atoms with Gasteiger partial charge in [0.2, 0.25) is 5.96 Å². The van der Waals surface area contributed by atoms with Crippen LogP contribution >= 0.6 is 0 Å². The Bertz CT molecular complexity index is 664. The van der Waals surface area contributed by atoms with E-state index in [9.17, 15) is 4.79 Å². The second-order valence-corrected chi connectivity index (χ2v) is 6.07. The largest absolute Gasteiger partial charge is 0.314 e. The summed E-state index contributed by atoms with van der Waals surface area (Å²) in [6.07, 6.45) is 0.931. The molecular formula is C17H20N4O. The van der Waals surface area contributed by atoms with Gasteiger partial charge in [-0.15, -0.1) is 0 Å². The number of rotatable bonds is 2. The maximum atomic E-state index is 12.6. The highest BCUT2D eigenvalue weighted by Crippen LogP contribution is 2.30. The van der Waals surface area contributed by atoms with Gasteiger partial charge in [0.05, 0.1) is 12.1 Å². The number of hydrogen-bond acceptors (Lipinski definition) is 4. The Balaban J connectivity index is 1.58. The first-order chi connectivity index (χ1) is 10.7. The van der Waals surface area contributed by atoms with E-state index in [0.717, 1.165) is 50.7 Å². The van der Waals surface area contributed by atoms with Gasteiger partial charge < -0.3 is 4.90 Å². The van der Waals surface area contributed by atoms with Crippen molar-refractivity contribution in [3.8, 4) is 0 Å². The summed E-state index contributed by atoms with van der Waals surface area (Å²) < 4.78 is 0. The number of carbonyl (C=O) groups excluding carboxylic acids is 1. The quantitative estimate of drug-likeness (QED) is 0.825. The van der Waals surface area contributed by atoms with Crippen LogP contribution in [0.5, 0.6) is 0 Å². The van der Waals surface area contributed by atoms with Crippen LogP contribution in [0.1, 0.15) is 12.0 Å². The molecule has 0 saturated carbocycles. The zero-order valence-electron chi connectivity index (χ0n) is 12.8. The molecule has 0 fully saturated rings. The molecule has 0 N–H and O–H groups in total. The van der Waals surface area contributed by atoms with Crippen molar-refractivity contribution in [2.45, 2.75) is 13.0 Å². The SMILES string of the molecule is CN1C(=O)C2=C(CCN(Cc3ccccc3)C2)N2CCN=C12. The molecule has 3 heterocycles. The summed E-state index contributed by atoms with van der Waals surface area (Å²) in [5, 5.41) is 0. The second kappa shape index (κ2) is 5.25. The zero-order chi connectivity index (χ0) is 15.1. The molecule has 0 unspecified atom stereocenters. The minimum atomic E-state index is 0.115. The van der Waals surface area contributed by atoms with Gasteiger partial charge in [-0.3, -0.25) is 19.6 Å². The summed E-state index contributed by atoms with van der Waals surface area (Å²) in [5.41, 5.74) is 3.45. The van der Waals surface area contributed by atoms with E-state index in [0.29, 0.717) is 0 Å². The van der Waals surface area contributed by atoms with Crippen LogP contribution in [-0.2, 0) is 11.3 Å². The van der Waals surface area contributed by atoms with Crippen molar-refractivity contribution in [2.75, 3.05) is 33.2 Å². The monoisotopic (exact) mass is 296 g/mol. The molecule has 0 atom stereocenters. The minimum Gasteiger partial charge on any atom is -0.314 e. The molecule has 0 spiro atoms. The molecule has 1 aromatic rings. The third kappa shape index (κ3) is 2.13. The van der Waals surface area contributed by atoms with Crippen LogP contribution in [0.15, 0.2) is 46.6 Å². The number of guanidine groups is 1. The number of likely N-dealkylation sites (N-methyl/N-ethyl adjacent to an activating group) is 1. The van der Waals surface area contributed by atoms with Crippen LogP contribution in [-0.4, -0.2) is 59.8 Å². The Morgan fingerprint density at radius 3 is 2.82 bits per heavy atom. The van der Waals surface area contributed by atoms with Gasteiger partial charge in [-0.2, -0.15) is 0 Å². The normalized spacial score (nSPS) is 21.9. The molecule has 114 valence electrons. The Morgan fingerprint density at radius 2 is 2.00 bits per heavy atom. The van der Waals surface area contributed by atoms with E-state index in [1.165, 1.54) is 11.3 Å². The highest BCUT2D eigenvalue weighted by molar-refractivity contribution is 6.09. The highest BCUT2D eigenvalue weighted by Gasteiger charge is 2.39. The maximum Gasteiger partial charge on any atom is 0.259 e. The van der Waals surface area contributed by atoms with Crippen LogP contribution in [0.3, 0.4) is 0 Å². The number of benzene rings is 1. The first kappa shape index (κ1) is 13.5. The molecule has 1 aromatic carbocycles. The Hall–Kier alpha value is -2.14. The molecule has 0 aromatic heterocycles. The number of carbonyl (C=O) groups is 1. The van der Waals surface area contributed by atoms with Crippen molar-refractivity contribution in [3.05, 3.63) is 47.2 Å². The molecule has 22 heavy (non-hydrogen) atoms. The minimum absolute atomic E-state index is 0.115. The predicted molar refractivity (Wildman–Crippen MR) is 85.1 cm³/mol. The van der Waals surface area contributed by atoms with Gasteiger partial charge in [-0.05, 0) is 5.56 Å². The summed E-state index contributed by atoms with van der Waals surface area (Å²) in [7, 11) is 1.83. The van der Waals surface area contributed by atoms with Gasteiger partial charge in [0.1, 0.15) is 0 Å². The number of aliphatic imine (C=N–C) groups is 1. The predicted octanol–water partition coefficient (Wildman–Crippen LogP) is 1.29. The fourth-order valence-corrected chi connectivity index (χ4v) is 3.55. The van der Waals surface area contributed by atoms with Crippen molar-refractivity contribution in [1.82, 2.24) is 14.7 Å². The third-order valence-corrected chi connectivity index (χ3v) is 4.65. The lowest BCUT2D eigenvalue weighted by atomic mass is 10.0. The molecule has 0 aliphatic carbocycles. The van der Waals surface area contributed by atoms with E-state index in [1.54, 1.807) is 4.90 Å². The van der Waals surface area contributed by atoms with Crippen molar-refractivity contribution >= 4 is 11.9 Å². The molecule has 3 aliphatic rings. The molecule has 0 radical (unpaired) electrons. The maximum absolute atomic E-state index is 12.6. The zero-order valence-corrected chi connectivity index (χ0v) is 12.8. The lowest BCUT2D eigenvalue weighted by molar-refractivity contribution is -0.124. The standard InChI is InChI=1S/C17H20N4O/c1-19-16(22)14-12-20(11-13-5-3-2-4-6-13)9-7-15(14)21-10-8-18-17(19)21/h2-6H,7-12H2,1H3. The second-order valence-electron chi connectivity index (χ2n) is 6.07. The van der Waals surface area contributed by atoms with Crippen molar-refractivity contribution in [2.24, 2.45) is 4.99 Å². The summed E-state index contributed by atoms with van der Waals surface area (Å²) in [5.74, 6) is 0.949. The van der Waals surface area contributed by atoms with Crippen molar-refractivity contribution in [1.29, 1.82) is 0 Å². The average molecular weight is 296 g/mol. The summed E-state index contributed by atoms with van der Waals surface area (Å²) in [4.78, 5) is 23.4. The van der Waals surface area contributed by atoms with Gasteiger partial charge in [-0.25, -0.2) is 0 Å². The fraction of sp³-hybridized carbons (Fsp3) is 0.412.